The van der Waals surface area contributed by atoms with E-state index in [2.05, 4.69) is 20.7 Å². The molecule has 3 rings (SSSR count). The first kappa shape index (κ1) is 9.74. The molecule has 0 unspecified atom stereocenters. The van der Waals surface area contributed by atoms with Crippen molar-refractivity contribution in [3.05, 3.63) is 40.3 Å². The van der Waals surface area contributed by atoms with Gasteiger partial charge in [0.25, 0.3) is 0 Å². The Morgan fingerprint density at radius 3 is 2.94 bits per heavy atom. The van der Waals surface area contributed by atoms with Gasteiger partial charge in [-0.2, -0.15) is 0 Å². The average molecular weight is 247 g/mol. The second-order valence-corrected chi connectivity index (χ2v) is 5.17. The molecule has 0 aliphatic carbocycles. The van der Waals surface area contributed by atoms with Gasteiger partial charge in [0.05, 0.1) is 22.4 Å². The van der Waals surface area contributed by atoms with Gasteiger partial charge in [-0.25, -0.2) is 4.98 Å². The van der Waals surface area contributed by atoms with E-state index in [0.717, 1.165) is 22.8 Å². The second-order valence-electron chi connectivity index (χ2n) is 3.27. The van der Waals surface area contributed by atoms with E-state index in [1.807, 2.05) is 29.9 Å². The van der Waals surface area contributed by atoms with E-state index in [0.29, 0.717) is 0 Å². The van der Waals surface area contributed by atoms with Crippen LogP contribution in [-0.4, -0.2) is 9.97 Å². The highest BCUT2D eigenvalue weighted by Crippen LogP contribution is 2.27. The molecule has 0 aliphatic heterocycles. The summed E-state index contributed by atoms with van der Waals surface area (Å²) in [5.74, 6) is 0. The van der Waals surface area contributed by atoms with Gasteiger partial charge in [0.1, 0.15) is 5.01 Å². The average Bonchev–Trinajstić information content (AvgIpc) is 2.97. The number of thiophene rings is 1. The lowest BCUT2D eigenvalue weighted by Crippen LogP contribution is -1.98. The molecule has 80 valence electrons. The number of hydrogen-bond donors (Lipinski definition) is 1. The lowest BCUT2D eigenvalue weighted by atomic mass is 10.3. The number of anilines is 1. The summed E-state index contributed by atoms with van der Waals surface area (Å²) in [6.07, 6.45) is 3.66. The minimum absolute atomic E-state index is 0.773. The number of nitrogens with one attached hydrogen (secondary N) is 1. The van der Waals surface area contributed by atoms with E-state index < -0.39 is 0 Å². The van der Waals surface area contributed by atoms with Crippen molar-refractivity contribution in [2.45, 2.75) is 6.54 Å². The first-order chi connectivity index (χ1) is 7.93. The predicted octanol–water partition coefficient (Wildman–Crippen LogP) is 3.36. The van der Waals surface area contributed by atoms with Crippen molar-refractivity contribution >= 4 is 38.6 Å². The number of aromatic nitrogens is 2. The molecule has 1 N–H and O–H groups in total. The van der Waals surface area contributed by atoms with Gasteiger partial charge >= 0.3 is 0 Å². The van der Waals surface area contributed by atoms with Gasteiger partial charge in [-0.15, -0.1) is 22.7 Å². The Bertz CT molecular complexity index is 586. The van der Waals surface area contributed by atoms with E-state index in [1.54, 1.807) is 22.7 Å². The highest BCUT2D eigenvalue weighted by molar-refractivity contribution is 7.17. The largest absolute Gasteiger partial charge is 0.377 e. The van der Waals surface area contributed by atoms with Gasteiger partial charge < -0.3 is 5.32 Å². The van der Waals surface area contributed by atoms with Crippen LogP contribution in [0.15, 0.2) is 35.3 Å². The van der Waals surface area contributed by atoms with Crippen LogP contribution in [0.1, 0.15) is 5.01 Å². The topological polar surface area (TPSA) is 37.8 Å². The van der Waals surface area contributed by atoms with Crippen LogP contribution < -0.4 is 5.32 Å². The Hall–Kier alpha value is -1.46. The molecule has 0 fully saturated rings. The van der Waals surface area contributed by atoms with Crippen LogP contribution in [0, 0.1) is 0 Å². The maximum Gasteiger partial charge on any atom is 0.112 e. The third-order valence-electron chi connectivity index (χ3n) is 2.26. The molecule has 0 saturated carbocycles. The summed E-state index contributed by atoms with van der Waals surface area (Å²) in [6.45, 7) is 0.773. The molecule has 0 aliphatic rings. The van der Waals surface area contributed by atoms with Crippen LogP contribution in [-0.2, 0) is 6.54 Å². The van der Waals surface area contributed by atoms with E-state index in [4.69, 9.17) is 0 Å². The van der Waals surface area contributed by atoms with Crippen molar-refractivity contribution in [2.24, 2.45) is 0 Å². The molecule has 0 aromatic carbocycles. The van der Waals surface area contributed by atoms with Crippen LogP contribution in [0.4, 0.5) is 5.69 Å². The van der Waals surface area contributed by atoms with Crippen molar-refractivity contribution in [1.82, 2.24) is 9.97 Å². The van der Waals surface area contributed by atoms with Gasteiger partial charge in [-0.1, -0.05) is 0 Å². The van der Waals surface area contributed by atoms with E-state index in [1.165, 1.54) is 4.70 Å². The fourth-order valence-corrected chi connectivity index (χ4v) is 2.92. The van der Waals surface area contributed by atoms with Crippen molar-refractivity contribution in [3.8, 4) is 0 Å². The molecule has 3 heterocycles. The molecule has 3 aromatic rings. The molecular formula is C11H9N3S2. The van der Waals surface area contributed by atoms with Crippen LogP contribution >= 0.6 is 22.7 Å². The first-order valence-electron chi connectivity index (χ1n) is 4.88. The maximum atomic E-state index is 4.30. The third-order valence-corrected chi connectivity index (χ3v) is 3.97. The maximum absolute atomic E-state index is 4.30. The second kappa shape index (κ2) is 4.19. The van der Waals surface area contributed by atoms with Crippen LogP contribution in [0.25, 0.3) is 10.2 Å². The van der Waals surface area contributed by atoms with Gasteiger partial charge in [-0.05, 0) is 17.5 Å². The Balaban J connectivity index is 1.86. The minimum Gasteiger partial charge on any atom is -0.377 e. The quantitative estimate of drug-likeness (QED) is 0.771. The molecule has 0 radical (unpaired) electrons. The SMILES string of the molecule is c1csc(CNc2ccnc3ccsc23)n1. The Morgan fingerprint density at radius 2 is 2.06 bits per heavy atom. The summed E-state index contributed by atoms with van der Waals surface area (Å²) in [5, 5.41) is 8.55. The number of thiazole rings is 1. The monoisotopic (exact) mass is 247 g/mol. The van der Waals surface area contributed by atoms with Gasteiger partial charge in [0.2, 0.25) is 0 Å². The third kappa shape index (κ3) is 1.79. The molecule has 5 heteroatoms. The predicted molar refractivity (Wildman–Crippen MR) is 69.1 cm³/mol. The number of nitrogens with zero attached hydrogens (tertiary/aromatic N) is 2. The van der Waals surface area contributed by atoms with Gasteiger partial charge in [0, 0.05) is 17.8 Å². The fourth-order valence-electron chi connectivity index (χ4n) is 1.52. The van der Waals surface area contributed by atoms with Crippen LogP contribution in [0.3, 0.4) is 0 Å². The zero-order chi connectivity index (χ0) is 10.8. The van der Waals surface area contributed by atoms with Crippen molar-refractivity contribution in [3.63, 3.8) is 0 Å². The van der Waals surface area contributed by atoms with Gasteiger partial charge in [-0.3, -0.25) is 4.98 Å². The minimum atomic E-state index is 0.773. The van der Waals surface area contributed by atoms with Crippen LogP contribution in [0.5, 0.6) is 0 Å². The molecule has 0 bridgehead atoms. The first-order valence-corrected chi connectivity index (χ1v) is 6.64. The standard InChI is InChI=1S/C11H9N3S2/c1-3-12-9-2-5-16-11(9)8(1)14-7-10-13-4-6-15-10/h1-6H,7H2,(H,12,14). The Labute approximate surface area is 101 Å². The summed E-state index contributed by atoms with van der Waals surface area (Å²) in [5.41, 5.74) is 2.18. The Morgan fingerprint density at radius 1 is 1.06 bits per heavy atom. The highest BCUT2D eigenvalue weighted by atomic mass is 32.1. The highest BCUT2D eigenvalue weighted by Gasteiger charge is 2.03. The molecule has 0 spiro atoms. The number of hydrogen-bond acceptors (Lipinski definition) is 5. The lowest BCUT2D eigenvalue weighted by molar-refractivity contribution is 1.11. The van der Waals surface area contributed by atoms with Crippen molar-refractivity contribution in [1.29, 1.82) is 0 Å². The molecule has 3 aromatic heterocycles. The number of fused-ring (bicyclic) bond motifs is 1. The summed E-state index contributed by atoms with van der Waals surface area (Å²) < 4.78 is 1.21. The van der Waals surface area contributed by atoms with E-state index >= 15 is 0 Å². The van der Waals surface area contributed by atoms with Crippen molar-refractivity contribution in [2.75, 3.05) is 5.32 Å². The lowest BCUT2D eigenvalue weighted by Gasteiger charge is -2.04. The fraction of sp³-hybridized carbons (Fsp3) is 0.0909. The number of pyridine rings is 1. The zero-order valence-corrected chi connectivity index (χ0v) is 10.0. The Kier molecular flexibility index (Phi) is 2.55. The smallest absolute Gasteiger partial charge is 0.112 e. The van der Waals surface area contributed by atoms with Gasteiger partial charge in [0.15, 0.2) is 0 Å². The summed E-state index contributed by atoms with van der Waals surface area (Å²) in [6, 6.07) is 4.04. The molecular weight excluding hydrogens is 238 g/mol. The van der Waals surface area contributed by atoms with E-state index in [-0.39, 0.29) is 0 Å². The summed E-state index contributed by atoms with van der Waals surface area (Å²) in [7, 11) is 0. The van der Waals surface area contributed by atoms with Crippen molar-refractivity contribution < 1.29 is 0 Å². The van der Waals surface area contributed by atoms with Crippen LogP contribution in [0.2, 0.25) is 0 Å². The molecule has 16 heavy (non-hydrogen) atoms. The molecule has 3 nitrogen and oxygen atoms in total. The molecule has 0 saturated heterocycles. The van der Waals surface area contributed by atoms with E-state index in [9.17, 15) is 0 Å². The normalized spacial score (nSPS) is 10.8. The summed E-state index contributed by atoms with van der Waals surface area (Å²) >= 11 is 3.37. The zero-order valence-electron chi connectivity index (χ0n) is 8.38. The number of rotatable bonds is 3. The summed E-state index contributed by atoms with van der Waals surface area (Å²) in [4.78, 5) is 8.55. The molecule has 0 atom stereocenters. The molecule has 0 amide bonds.